The van der Waals surface area contributed by atoms with E-state index in [4.69, 9.17) is 9.47 Å². The lowest BCUT2D eigenvalue weighted by molar-refractivity contribution is 0.0553. The van der Waals surface area contributed by atoms with Gasteiger partial charge in [0.2, 0.25) is 0 Å². The van der Waals surface area contributed by atoms with Crippen LogP contribution in [-0.4, -0.2) is 19.3 Å². The average molecular weight is 364 g/mol. The molecule has 0 amide bonds. The Morgan fingerprint density at radius 3 is 1.88 bits per heavy atom. The van der Waals surface area contributed by atoms with Crippen LogP contribution in [0.2, 0.25) is 0 Å². The van der Waals surface area contributed by atoms with Gasteiger partial charge in [-0.3, -0.25) is 0 Å². The molecule has 0 fully saturated rings. The van der Waals surface area contributed by atoms with E-state index < -0.39 is 0 Å². The Labute approximate surface area is 157 Å². The van der Waals surface area contributed by atoms with E-state index in [0.29, 0.717) is 13.2 Å². The zero-order valence-corrected chi connectivity index (χ0v) is 16.0. The maximum Gasteiger partial charge on any atom is 0.187 e. The van der Waals surface area contributed by atoms with E-state index in [1.54, 1.807) is 0 Å². The van der Waals surface area contributed by atoms with E-state index in [1.165, 1.54) is 25.1 Å². The van der Waals surface area contributed by atoms with Gasteiger partial charge in [-0.2, -0.15) is 0 Å². The molecule has 0 unspecified atom stereocenters. The average Bonchev–Trinajstić information content (AvgIpc) is 3.00. The van der Waals surface area contributed by atoms with E-state index in [9.17, 15) is 0 Å². The molecule has 0 bridgehead atoms. The van der Waals surface area contributed by atoms with Crippen molar-refractivity contribution in [2.24, 2.45) is 0 Å². The van der Waals surface area contributed by atoms with Gasteiger partial charge in [-0.1, -0.05) is 24.3 Å². The third kappa shape index (κ3) is 3.33. The summed E-state index contributed by atoms with van der Waals surface area (Å²) in [7, 11) is -0.0426. The number of ether oxygens (including phenoxy) is 2. The number of thiophene rings is 1. The highest BCUT2D eigenvalue weighted by Gasteiger charge is 2.22. The smallest absolute Gasteiger partial charge is 0.187 e. The van der Waals surface area contributed by atoms with Crippen LogP contribution in [0.5, 0.6) is 5.75 Å². The van der Waals surface area contributed by atoms with Gasteiger partial charge in [0.1, 0.15) is 12.4 Å². The molecule has 0 aliphatic rings. The highest BCUT2D eigenvalue weighted by atomic mass is 32.2. The van der Waals surface area contributed by atoms with Crippen LogP contribution in [0, 0.1) is 0 Å². The lowest BCUT2D eigenvalue weighted by Gasteiger charge is -2.09. The van der Waals surface area contributed by atoms with E-state index in [-0.39, 0.29) is 16.6 Å². The minimum atomic E-state index is -0.0426. The van der Waals surface area contributed by atoms with Gasteiger partial charge in [-0.25, -0.2) is 0 Å². The Bertz CT molecular complexity index is 962. The van der Waals surface area contributed by atoms with Gasteiger partial charge in [-0.05, 0) is 50.2 Å². The first-order valence-corrected chi connectivity index (χ1v) is 10.2. The molecular weight excluding hydrogens is 340 g/mol. The van der Waals surface area contributed by atoms with Gasteiger partial charge in [0.25, 0.3) is 0 Å². The van der Waals surface area contributed by atoms with Crippen LogP contribution in [-0.2, 0) is 4.74 Å². The second-order valence-corrected chi connectivity index (χ2v) is 8.50. The number of hydrogen-bond donors (Lipinski definition) is 0. The number of hydrogen-bond acceptors (Lipinski definition) is 2. The summed E-state index contributed by atoms with van der Waals surface area (Å²) in [4.78, 5) is 1.33. The van der Waals surface area contributed by atoms with E-state index in [2.05, 4.69) is 72.8 Å². The lowest BCUT2D eigenvalue weighted by atomic mass is 10.2. The van der Waals surface area contributed by atoms with Crippen molar-refractivity contribution in [1.82, 2.24) is 0 Å². The van der Waals surface area contributed by atoms with Crippen molar-refractivity contribution in [2.45, 2.75) is 20.0 Å². The summed E-state index contributed by atoms with van der Waals surface area (Å²) in [6, 6.07) is 26.0. The zero-order valence-electron chi connectivity index (χ0n) is 15.1. The maximum atomic E-state index is 5.79. The Hall–Kier alpha value is -2.36. The minimum Gasteiger partial charge on any atom is -0.491 e. The van der Waals surface area contributed by atoms with Crippen molar-refractivity contribution in [1.29, 1.82) is 0 Å². The van der Waals surface area contributed by atoms with E-state index >= 15 is 0 Å². The van der Waals surface area contributed by atoms with Crippen LogP contribution in [0.4, 0.5) is 0 Å². The third-order valence-electron chi connectivity index (χ3n) is 4.37. The molecule has 0 N–H and O–H groups in total. The van der Waals surface area contributed by atoms with Crippen molar-refractivity contribution in [2.75, 3.05) is 13.2 Å². The molecule has 2 nitrogen and oxygen atoms in total. The lowest BCUT2D eigenvalue weighted by Crippen LogP contribution is -2.11. The Morgan fingerprint density at radius 1 is 0.731 bits per heavy atom. The van der Waals surface area contributed by atoms with Crippen molar-refractivity contribution in [3.8, 4) is 10.6 Å². The molecular formula is C23H23O2S+. The quantitative estimate of drug-likeness (QED) is 0.286. The topological polar surface area (TPSA) is 18.5 Å². The highest BCUT2D eigenvalue weighted by Crippen LogP contribution is 2.48. The van der Waals surface area contributed by atoms with Crippen LogP contribution in [0.1, 0.15) is 13.8 Å². The molecule has 4 rings (SSSR count). The van der Waals surface area contributed by atoms with Crippen LogP contribution in [0.3, 0.4) is 0 Å². The number of fused-ring (bicyclic) bond motifs is 3. The SMILES string of the molecule is CC(C)OCCOc1ccc(-[s+]2c3ccccc3c3ccccc32)cc1. The Balaban J connectivity index is 1.65. The number of rotatable bonds is 6. The highest BCUT2D eigenvalue weighted by molar-refractivity contribution is 7.50. The van der Waals surface area contributed by atoms with Crippen LogP contribution in [0.15, 0.2) is 72.8 Å². The summed E-state index contributed by atoms with van der Waals surface area (Å²) in [5.74, 6) is 0.894. The standard InChI is InChI=1S/C23H23O2S/c1-17(2)24-15-16-25-18-11-13-19(14-12-18)26-22-9-5-3-7-20(22)21-8-4-6-10-23(21)26/h3-14,17H,15-16H2,1-2H3/q+1. The molecule has 0 radical (unpaired) electrons. The Kier molecular flexibility index (Phi) is 4.91. The molecule has 4 aromatic rings. The molecule has 0 saturated carbocycles. The molecule has 3 heteroatoms. The first kappa shape index (κ1) is 17.1. The predicted octanol–water partition coefficient (Wildman–Crippen LogP) is 6.54. The first-order chi connectivity index (χ1) is 12.7. The zero-order chi connectivity index (χ0) is 17.9. The summed E-state index contributed by atoms with van der Waals surface area (Å²) in [6.45, 7) is 5.26. The summed E-state index contributed by atoms with van der Waals surface area (Å²) >= 11 is 0. The van der Waals surface area contributed by atoms with Crippen LogP contribution in [0.25, 0.3) is 25.1 Å². The summed E-state index contributed by atoms with van der Waals surface area (Å²) in [6.07, 6.45) is 0.240. The molecule has 1 aromatic heterocycles. The van der Waals surface area contributed by atoms with Crippen molar-refractivity contribution in [3.05, 3.63) is 72.8 Å². The molecule has 3 aromatic carbocycles. The van der Waals surface area contributed by atoms with Crippen molar-refractivity contribution < 1.29 is 9.47 Å². The monoisotopic (exact) mass is 363 g/mol. The second kappa shape index (κ2) is 7.48. The van der Waals surface area contributed by atoms with Gasteiger partial charge < -0.3 is 9.47 Å². The van der Waals surface area contributed by atoms with Gasteiger partial charge in [0.05, 0.1) is 12.7 Å². The van der Waals surface area contributed by atoms with E-state index in [1.807, 2.05) is 13.8 Å². The van der Waals surface area contributed by atoms with Crippen LogP contribution < -0.4 is 4.74 Å². The normalized spacial score (nSPS) is 11.5. The Morgan fingerprint density at radius 2 is 1.31 bits per heavy atom. The fourth-order valence-corrected chi connectivity index (χ4v) is 5.60. The number of benzene rings is 3. The first-order valence-electron chi connectivity index (χ1n) is 9.01. The minimum absolute atomic E-state index is 0.0426. The largest absolute Gasteiger partial charge is 0.491 e. The van der Waals surface area contributed by atoms with E-state index in [0.717, 1.165) is 5.75 Å². The molecule has 132 valence electrons. The maximum absolute atomic E-state index is 5.79. The molecule has 0 aliphatic carbocycles. The van der Waals surface area contributed by atoms with Gasteiger partial charge in [0.15, 0.2) is 14.3 Å². The molecule has 1 heterocycles. The van der Waals surface area contributed by atoms with Crippen molar-refractivity contribution in [3.63, 3.8) is 0 Å². The summed E-state index contributed by atoms with van der Waals surface area (Å²) in [5.41, 5.74) is 0. The molecule has 26 heavy (non-hydrogen) atoms. The van der Waals surface area contributed by atoms with Gasteiger partial charge in [-0.15, -0.1) is 0 Å². The summed E-state index contributed by atoms with van der Waals surface area (Å²) in [5, 5.41) is 2.72. The molecule has 0 spiro atoms. The fourth-order valence-electron chi connectivity index (χ4n) is 3.22. The van der Waals surface area contributed by atoms with Gasteiger partial charge >= 0.3 is 0 Å². The van der Waals surface area contributed by atoms with Crippen molar-refractivity contribution >= 4 is 30.6 Å². The third-order valence-corrected chi connectivity index (χ3v) is 6.70. The molecule has 0 saturated heterocycles. The molecule has 0 atom stereocenters. The van der Waals surface area contributed by atoms with Crippen LogP contribution >= 0.6 is 10.5 Å². The fraction of sp³-hybridized carbons (Fsp3) is 0.217. The predicted molar refractivity (Wildman–Crippen MR) is 112 cm³/mol. The van der Waals surface area contributed by atoms with Gasteiger partial charge in [0, 0.05) is 33.4 Å². The molecule has 0 aliphatic heterocycles. The summed E-state index contributed by atoms with van der Waals surface area (Å²) < 4.78 is 14.1. The second-order valence-electron chi connectivity index (χ2n) is 6.54.